The number of aromatic nitrogens is 3. The number of thioether (sulfide) groups is 1. The molecule has 0 bridgehead atoms. The van der Waals surface area contributed by atoms with Gasteiger partial charge in [-0.05, 0) is 29.9 Å². The maximum Gasteiger partial charge on any atom is 0.238 e. The summed E-state index contributed by atoms with van der Waals surface area (Å²) in [5.74, 6) is 6.77. The van der Waals surface area contributed by atoms with Crippen LogP contribution in [0.25, 0.3) is 10.7 Å². The first-order valence-electron chi connectivity index (χ1n) is 7.98. The molecular formula is C17H17N5OS2. The molecule has 3 aromatic rings. The Morgan fingerprint density at radius 1 is 1.24 bits per heavy atom. The summed E-state index contributed by atoms with van der Waals surface area (Å²) in [4.78, 5) is 13.7. The summed E-state index contributed by atoms with van der Waals surface area (Å²) in [6.45, 7) is 0. The summed E-state index contributed by atoms with van der Waals surface area (Å²) in [5, 5.41) is 13.5. The molecular weight excluding hydrogens is 354 g/mol. The molecule has 8 heteroatoms. The standard InChI is InChI=1S/C17H17N5OS2/c18-22-15(13-7-4-10-24-13)20-21-17(22)25-14(11-5-2-1-3-6-11)16(23)19-12-8-9-12/h1-7,10,12,14H,8-9,18H2,(H,19,23). The first-order valence-corrected chi connectivity index (χ1v) is 9.74. The number of hydrogen-bond donors (Lipinski definition) is 2. The first-order chi connectivity index (χ1) is 12.2. The van der Waals surface area contributed by atoms with E-state index in [1.165, 1.54) is 16.4 Å². The number of carbonyl (C=O) groups is 1. The number of nitrogens with one attached hydrogen (secondary N) is 1. The summed E-state index contributed by atoms with van der Waals surface area (Å²) in [6, 6.07) is 13.9. The number of rotatable bonds is 6. The highest BCUT2D eigenvalue weighted by Crippen LogP contribution is 2.36. The highest BCUT2D eigenvalue weighted by Gasteiger charge is 2.30. The van der Waals surface area contributed by atoms with Gasteiger partial charge in [-0.25, -0.2) is 4.68 Å². The van der Waals surface area contributed by atoms with Gasteiger partial charge >= 0.3 is 0 Å². The van der Waals surface area contributed by atoms with Crippen LogP contribution in [0.2, 0.25) is 0 Å². The number of thiophene rings is 1. The van der Waals surface area contributed by atoms with E-state index in [1.54, 1.807) is 11.3 Å². The van der Waals surface area contributed by atoms with Crippen molar-refractivity contribution in [3.63, 3.8) is 0 Å². The molecule has 0 spiro atoms. The van der Waals surface area contributed by atoms with Crippen molar-refractivity contribution in [1.82, 2.24) is 20.2 Å². The van der Waals surface area contributed by atoms with Crippen molar-refractivity contribution in [2.75, 3.05) is 5.84 Å². The molecule has 2 heterocycles. The number of nitrogen functional groups attached to an aromatic ring is 1. The Morgan fingerprint density at radius 3 is 2.72 bits per heavy atom. The molecule has 25 heavy (non-hydrogen) atoms. The van der Waals surface area contributed by atoms with Gasteiger partial charge in [0.1, 0.15) is 5.25 Å². The Balaban J connectivity index is 1.61. The molecule has 1 aliphatic carbocycles. The van der Waals surface area contributed by atoms with E-state index in [0.717, 1.165) is 23.3 Å². The average Bonchev–Trinajstić information content (AvgIpc) is 3.14. The molecule has 0 aliphatic heterocycles. The maximum absolute atomic E-state index is 12.7. The molecule has 4 rings (SSSR count). The smallest absolute Gasteiger partial charge is 0.238 e. The van der Waals surface area contributed by atoms with Crippen LogP contribution in [0.15, 0.2) is 53.0 Å². The van der Waals surface area contributed by atoms with E-state index in [2.05, 4.69) is 15.5 Å². The normalized spacial score (nSPS) is 15.0. The van der Waals surface area contributed by atoms with Gasteiger partial charge in [0.15, 0.2) is 5.82 Å². The summed E-state index contributed by atoms with van der Waals surface area (Å²) >= 11 is 2.87. The first kappa shape index (κ1) is 16.2. The molecule has 128 valence electrons. The minimum atomic E-state index is -0.413. The number of amides is 1. The number of nitrogens with two attached hydrogens (primary N) is 1. The highest BCUT2D eigenvalue weighted by atomic mass is 32.2. The third-order valence-corrected chi connectivity index (χ3v) is 5.97. The van der Waals surface area contributed by atoms with Gasteiger partial charge in [0.2, 0.25) is 11.1 Å². The third kappa shape index (κ3) is 3.54. The second-order valence-corrected chi connectivity index (χ2v) is 7.86. The van der Waals surface area contributed by atoms with Gasteiger partial charge in [-0.1, -0.05) is 48.2 Å². The van der Waals surface area contributed by atoms with Crippen molar-refractivity contribution in [2.45, 2.75) is 29.3 Å². The maximum atomic E-state index is 12.7. The van der Waals surface area contributed by atoms with Crippen molar-refractivity contribution >= 4 is 29.0 Å². The van der Waals surface area contributed by atoms with E-state index in [1.807, 2.05) is 47.8 Å². The van der Waals surface area contributed by atoms with E-state index in [9.17, 15) is 4.79 Å². The van der Waals surface area contributed by atoms with Crippen molar-refractivity contribution in [1.29, 1.82) is 0 Å². The Morgan fingerprint density at radius 2 is 2.04 bits per heavy atom. The second-order valence-electron chi connectivity index (χ2n) is 5.84. The van der Waals surface area contributed by atoms with E-state index in [0.29, 0.717) is 17.0 Å². The van der Waals surface area contributed by atoms with Gasteiger partial charge in [-0.2, -0.15) is 0 Å². The fraction of sp³-hybridized carbons (Fsp3) is 0.235. The van der Waals surface area contributed by atoms with Crippen LogP contribution in [0.1, 0.15) is 23.7 Å². The highest BCUT2D eigenvalue weighted by molar-refractivity contribution is 8.00. The minimum Gasteiger partial charge on any atom is -0.352 e. The lowest BCUT2D eigenvalue weighted by atomic mass is 10.1. The van der Waals surface area contributed by atoms with Crippen LogP contribution in [0.3, 0.4) is 0 Å². The molecule has 1 saturated carbocycles. The van der Waals surface area contributed by atoms with Crippen LogP contribution in [0, 0.1) is 0 Å². The van der Waals surface area contributed by atoms with Crippen LogP contribution >= 0.6 is 23.1 Å². The van der Waals surface area contributed by atoms with E-state index < -0.39 is 5.25 Å². The number of hydrogen-bond acceptors (Lipinski definition) is 6. The van der Waals surface area contributed by atoms with Gasteiger partial charge in [0.25, 0.3) is 0 Å². The topological polar surface area (TPSA) is 85.8 Å². The molecule has 2 aromatic heterocycles. The molecule has 1 aliphatic rings. The van der Waals surface area contributed by atoms with Gasteiger partial charge in [0, 0.05) is 6.04 Å². The largest absolute Gasteiger partial charge is 0.352 e. The molecule has 1 fully saturated rings. The zero-order valence-corrected chi connectivity index (χ0v) is 15.0. The Kier molecular flexibility index (Phi) is 4.46. The van der Waals surface area contributed by atoms with Crippen LogP contribution < -0.4 is 11.2 Å². The molecule has 6 nitrogen and oxygen atoms in total. The SMILES string of the molecule is Nn1c(SC(C(=O)NC2CC2)c2ccccc2)nnc1-c1cccs1. The quantitative estimate of drug-likeness (QED) is 0.514. The van der Waals surface area contributed by atoms with Crippen molar-refractivity contribution < 1.29 is 4.79 Å². The summed E-state index contributed by atoms with van der Waals surface area (Å²) in [6.07, 6.45) is 2.10. The van der Waals surface area contributed by atoms with Crippen molar-refractivity contribution in [3.05, 3.63) is 53.4 Å². The van der Waals surface area contributed by atoms with Crippen LogP contribution in [0.4, 0.5) is 0 Å². The van der Waals surface area contributed by atoms with Gasteiger partial charge < -0.3 is 11.2 Å². The molecule has 0 saturated heterocycles. The van der Waals surface area contributed by atoms with Gasteiger partial charge in [-0.15, -0.1) is 21.5 Å². The minimum absolute atomic E-state index is 0.0145. The predicted octanol–water partition coefficient (Wildman–Crippen LogP) is 2.83. The van der Waals surface area contributed by atoms with Crippen LogP contribution in [0.5, 0.6) is 0 Å². The molecule has 1 amide bonds. The third-order valence-electron chi connectivity index (χ3n) is 3.89. The lowest BCUT2D eigenvalue weighted by Crippen LogP contribution is -2.30. The van der Waals surface area contributed by atoms with E-state index in [4.69, 9.17) is 5.84 Å². The number of carbonyl (C=O) groups excluding carboxylic acids is 1. The summed E-state index contributed by atoms with van der Waals surface area (Å²) < 4.78 is 1.46. The molecule has 1 atom stereocenters. The van der Waals surface area contributed by atoms with E-state index in [-0.39, 0.29) is 5.91 Å². The fourth-order valence-corrected chi connectivity index (χ4v) is 4.11. The summed E-state index contributed by atoms with van der Waals surface area (Å²) in [5.41, 5.74) is 0.923. The van der Waals surface area contributed by atoms with Crippen LogP contribution in [-0.4, -0.2) is 26.8 Å². The Bertz CT molecular complexity index is 859. The molecule has 1 aromatic carbocycles. The molecule has 0 radical (unpaired) electrons. The second kappa shape index (κ2) is 6.89. The lowest BCUT2D eigenvalue weighted by Gasteiger charge is -2.16. The predicted molar refractivity (Wildman–Crippen MR) is 99.7 cm³/mol. The monoisotopic (exact) mass is 371 g/mol. The van der Waals surface area contributed by atoms with Crippen molar-refractivity contribution in [3.8, 4) is 10.7 Å². The summed E-state index contributed by atoms with van der Waals surface area (Å²) in [7, 11) is 0. The molecule has 1 unspecified atom stereocenters. The Labute approximate surface area is 153 Å². The number of nitrogens with zero attached hydrogens (tertiary/aromatic N) is 3. The van der Waals surface area contributed by atoms with Crippen LogP contribution in [-0.2, 0) is 4.79 Å². The zero-order valence-electron chi connectivity index (χ0n) is 13.3. The zero-order chi connectivity index (χ0) is 17.2. The fourth-order valence-electron chi connectivity index (χ4n) is 2.44. The molecule has 3 N–H and O–H groups in total. The van der Waals surface area contributed by atoms with Gasteiger partial charge in [0.05, 0.1) is 4.88 Å². The van der Waals surface area contributed by atoms with Gasteiger partial charge in [-0.3, -0.25) is 4.79 Å². The van der Waals surface area contributed by atoms with E-state index >= 15 is 0 Å². The lowest BCUT2D eigenvalue weighted by molar-refractivity contribution is -0.120. The average molecular weight is 371 g/mol. The van der Waals surface area contributed by atoms with Crippen molar-refractivity contribution in [2.24, 2.45) is 0 Å². The number of benzene rings is 1. The Hall–Kier alpha value is -2.32.